The molecule has 3 rings (SSSR count). The van der Waals surface area contributed by atoms with Crippen LogP contribution in [0.15, 0.2) is 22.0 Å². The number of rotatable bonds is 6. The van der Waals surface area contributed by atoms with E-state index in [4.69, 9.17) is 9.26 Å². The van der Waals surface area contributed by atoms with Crippen molar-refractivity contribution in [1.82, 2.24) is 14.7 Å². The maximum absolute atomic E-state index is 5.20. The van der Waals surface area contributed by atoms with Crippen LogP contribution in [0.3, 0.4) is 0 Å². The van der Waals surface area contributed by atoms with Gasteiger partial charge in [-0.3, -0.25) is 4.57 Å². The van der Waals surface area contributed by atoms with E-state index >= 15 is 0 Å². The second-order valence-corrected chi connectivity index (χ2v) is 6.23. The fourth-order valence-electron chi connectivity index (χ4n) is 2.57. The van der Waals surface area contributed by atoms with Gasteiger partial charge < -0.3 is 14.6 Å². The molecule has 0 fully saturated rings. The van der Waals surface area contributed by atoms with Crippen LogP contribution in [0.2, 0.25) is 0 Å². The Morgan fingerprint density at radius 1 is 1.30 bits per heavy atom. The number of methoxy groups -OCH3 is 1. The summed E-state index contributed by atoms with van der Waals surface area (Å²) in [7, 11) is 1.69. The zero-order valence-electron chi connectivity index (χ0n) is 13.7. The van der Waals surface area contributed by atoms with Crippen molar-refractivity contribution in [3.8, 4) is 17.1 Å². The summed E-state index contributed by atoms with van der Waals surface area (Å²) in [6, 6.07) is 4.07. The van der Waals surface area contributed by atoms with Crippen molar-refractivity contribution >= 4 is 16.5 Å². The molecule has 0 saturated carbocycles. The van der Waals surface area contributed by atoms with Gasteiger partial charge in [-0.15, -0.1) is 11.3 Å². The summed E-state index contributed by atoms with van der Waals surface area (Å²) in [5.74, 6) is 1.60. The number of ether oxygens (including phenoxy) is 1. The Morgan fingerprint density at radius 2 is 2.13 bits per heavy atom. The van der Waals surface area contributed by atoms with E-state index in [1.807, 2.05) is 13.0 Å². The first-order chi connectivity index (χ1) is 11.1. The molecule has 0 aromatic carbocycles. The molecule has 6 nitrogen and oxygen atoms in total. The molecule has 3 aromatic rings. The minimum atomic E-state index is 0.662. The number of hydrogen-bond acceptors (Lipinski definition) is 6. The predicted molar refractivity (Wildman–Crippen MR) is 91.5 cm³/mol. The van der Waals surface area contributed by atoms with Crippen LogP contribution in [-0.2, 0) is 4.74 Å². The number of anilines is 1. The van der Waals surface area contributed by atoms with Crippen molar-refractivity contribution in [2.24, 2.45) is 0 Å². The topological polar surface area (TPSA) is 65.1 Å². The molecule has 7 heteroatoms. The number of nitrogens with one attached hydrogen (secondary N) is 1. The summed E-state index contributed by atoms with van der Waals surface area (Å²) < 4.78 is 12.3. The van der Waals surface area contributed by atoms with Crippen LogP contribution < -0.4 is 5.32 Å². The molecule has 23 heavy (non-hydrogen) atoms. The predicted octanol–water partition coefficient (Wildman–Crippen LogP) is 3.57. The van der Waals surface area contributed by atoms with E-state index in [0.717, 1.165) is 45.9 Å². The maximum Gasteiger partial charge on any atom is 0.183 e. The second kappa shape index (κ2) is 6.55. The van der Waals surface area contributed by atoms with Gasteiger partial charge in [0.2, 0.25) is 0 Å². The molecule has 0 aliphatic heterocycles. The summed E-state index contributed by atoms with van der Waals surface area (Å²) in [4.78, 5) is 4.66. The Morgan fingerprint density at radius 3 is 2.83 bits per heavy atom. The highest BCUT2D eigenvalue weighted by atomic mass is 32.1. The smallest absolute Gasteiger partial charge is 0.183 e. The molecule has 0 amide bonds. The molecule has 0 atom stereocenters. The minimum absolute atomic E-state index is 0.662. The highest BCUT2D eigenvalue weighted by Gasteiger charge is 2.16. The number of nitrogens with zero attached hydrogens (tertiary/aromatic N) is 3. The summed E-state index contributed by atoms with van der Waals surface area (Å²) in [6.07, 6.45) is 0. The van der Waals surface area contributed by atoms with Gasteiger partial charge >= 0.3 is 0 Å². The largest absolute Gasteiger partial charge is 0.383 e. The fourth-order valence-corrected chi connectivity index (χ4v) is 3.31. The normalized spacial score (nSPS) is 11.1. The lowest BCUT2D eigenvalue weighted by Crippen LogP contribution is -2.07. The molecule has 0 spiro atoms. The molecule has 0 aliphatic carbocycles. The first kappa shape index (κ1) is 15.8. The van der Waals surface area contributed by atoms with Crippen LogP contribution in [0.4, 0.5) is 5.13 Å². The number of thiazole rings is 1. The van der Waals surface area contributed by atoms with Crippen molar-refractivity contribution < 1.29 is 9.26 Å². The Balaban J connectivity index is 1.89. The monoisotopic (exact) mass is 332 g/mol. The molecule has 3 aromatic heterocycles. The van der Waals surface area contributed by atoms with Crippen molar-refractivity contribution in [1.29, 1.82) is 0 Å². The molecule has 122 valence electrons. The summed E-state index contributed by atoms with van der Waals surface area (Å²) in [5.41, 5.74) is 4.28. The standard InChI is InChI=1S/C16H20N4O2S/c1-10-7-13(12(3)20(10)15-8-11(2)22-19-15)14-9-23-16(18-14)17-5-6-21-4/h7-9H,5-6H2,1-4H3,(H,17,18). The maximum atomic E-state index is 5.20. The molecule has 0 bridgehead atoms. The minimum Gasteiger partial charge on any atom is -0.383 e. The summed E-state index contributed by atoms with van der Waals surface area (Å²) in [5, 5.41) is 10.3. The molecule has 0 unspecified atom stereocenters. The van der Waals surface area contributed by atoms with Crippen molar-refractivity contribution in [3.63, 3.8) is 0 Å². The Hall–Kier alpha value is -2.12. The third-order valence-electron chi connectivity index (χ3n) is 3.64. The van der Waals surface area contributed by atoms with Gasteiger partial charge in [-0.2, -0.15) is 0 Å². The van der Waals surface area contributed by atoms with Gasteiger partial charge in [-0.1, -0.05) is 5.16 Å². The van der Waals surface area contributed by atoms with E-state index in [-0.39, 0.29) is 0 Å². The SMILES string of the molecule is COCCNc1nc(-c2cc(C)n(-c3cc(C)on3)c2C)cs1. The zero-order chi connectivity index (χ0) is 16.4. The van der Waals surface area contributed by atoms with Gasteiger partial charge in [0.1, 0.15) is 5.76 Å². The second-order valence-electron chi connectivity index (χ2n) is 5.37. The van der Waals surface area contributed by atoms with E-state index in [0.29, 0.717) is 6.61 Å². The van der Waals surface area contributed by atoms with E-state index in [2.05, 4.69) is 45.3 Å². The van der Waals surface area contributed by atoms with Gasteiger partial charge in [0.25, 0.3) is 0 Å². The lowest BCUT2D eigenvalue weighted by atomic mass is 10.2. The van der Waals surface area contributed by atoms with Gasteiger partial charge in [0.15, 0.2) is 10.9 Å². The molecular weight excluding hydrogens is 312 g/mol. The fraction of sp³-hybridized carbons (Fsp3) is 0.375. The summed E-state index contributed by atoms with van der Waals surface area (Å²) >= 11 is 1.60. The highest BCUT2D eigenvalue weighted by Crippen LogP contribution is 2.31. The van der Waals surface area contributed by atoms with Crippen molar-refractivity contribution in [2.45, 2.75) is 20.8 Å². The first-order valence-electron chi connectivity index (χ1n) is 7.41. The third kappa shape index (κ3) is 3.16. The van der Waals surface area contributed by atoms with Crippen molar-refractivity contribution in [3.05, 3.63) is 34.7 Å². The average Bonchev–Trinajstić information content (AvgIpc) is 3.20. The van der Waals surface area contributed by atoms with Crippen LogP contribution in [0, 0.1) is 20.8 Å². The van der Waals surface area contributed by atoms with Gasteiger partial charge in [-0.05, 0) is 26.8 Å². The van der Waals surface area contributed by atoms with Crippen LogP contribution in [-0.4, -0.2) is 35.0 Å². The lowest BCUT2D eigenvalue weighted by molar-refractivity contribution is 0.211. The lowest BCUT2D eigenvalue weighted by Gasteiger charge is -2.04. The van der Waals surface area contributed by atoms with Gasteiger partial charge in [-0.25, -0.2) is 4.98 Å². The zero-order valence-corrected chi connectivity index (χ0v) is 14.5. The highest BCUT2D eigenvalue weighted by molar-refractivity contribution is 7.14. The quantitative estimate of drug-likeness (QED) is 0.699. The average molecular weight is 332 g/mol. The summed E-state index contributed by atoms with van der Waals surface area (Å²) in [6.45, 7) is 7.44. The van der Waals surface area contributed by atoms with Crippen LogP contribution >= 0.6 is 11.3 Å². The molecule has 3 heterocycles. The Labute approximate surface area is 139 Å². The first-order valence-corrected chi connectivity index (χ1v) is 8.29. The van der Waals surface area contributed by atoms with Gasteiger partial charge in [0, 0.05) is 42.1 Å². The number of aromatic nitrogens is 3. The number of aryl methyl sites for hydroxylation is 2. The Kier molecular flexibility index (Phi) is 4.49. The van der Waals surface area contributed by atoms with E-state index in [9.17, 15) is 0 Å². The van der Waals surface area contributed by atoms with Crippen LogP contribution in [0.25, 0.3) is 17.1 Å². The molecule has 0 aliphatic rings. The molecule has 0 saturated heterocycles. The van der Waals surface area contributed by atoms with E-state index in [1.165, 1.54) is 0 Å². The van der Waals surface area contributed by atoms with E-state index < -0.39 is 0 Å². The van der Waals surface area contributed by atoms with Crippen LogP contribution in [0.5, 0.6) is 0 Å². The molecule has 1 N–H and O–H groups in total. The van der Waals surface area contributed by atoms with Crippen molar-refractivity contribution in [2.75, 3.05) is 25.6 Å². The third-order valence-corrected chi connectivity index (χ3v) is 4.44. The Bertz CT molecular complexity index is 803. The van der Waals surface area contributed by atoms with E-state index in [1.54, 1.807) is 18.4 Å². The van der Waals surface area contributed by atoms with Crippen LogP contribution in [0.1, 0.15) is 17.1 Å². The van der Waals surface area contributed by atoms with Gasteiger partial charge in [0.05, 0.1) is 12.3 Å². The number of hydrogen-bond donors (Lipinski definition) is 1. The molecular formula is C16H20N4O2S. The molecule has 0 radical (unpaired) electrons.